The Morgan fingerprint density at radius 1 is 1.90 bits per heavy atom. The number of hydrogen-bond donors (Lipinski definition) is 1. The van der Waals surface area contributed by atoms with Gasteiger partial charge in [0.25, 0.3) is 0 Å². The summed E-state index contributed by atoms with van der Waals surface area (Å²) in [5.74, 6) is -0.201. The van der Waals surface area contributed by atoms with Crippen molar-refractivity contribution in [3.8, 4) is 0 Å². The zero-order valence-electron chi connectivity index (χ0n) is 6.00. The average molecular weight is 141 g/mol. The van der Waals surface area contributed by atoms with E-state index in [0.717, 1.165) is 10.6 Å². The molecule has 1 N–H and O–H groups in total. The fraction of sp³-hybridized carbons (Fsp3) is 0.571. The summed E-state index contributed by atoms with van der Waals surface area (Å²) in [5, 5.41) is 9.83. The molecule has 1 heterocycles. The fourth-order valence-corrected chi connectivity index (χ4v) is 1.13. The van der Waals surface area contributed by atoms with Gasteiger partial charge in [-0.25, -0.2) is 5.06 Å². The van der Waals surface area contributed by atoms with Gasteiger partial charge in [-0.15, -0.1) is 0 Å². The van der Waals surface area contributed by atoms with Crippen molar-refractivity contribution in [3.05, 3.63) is 12.2 Å². The zero-order chi connectivity index (χ0) is 7.72. The summed E-state index contributed by atoms with van der Waals surface area (Å²) in [7, 11) is 0. The van der Waals surface area contributed by atoms with E-state index < -0.39 is 0 Å². The summed E-state index contributed by atoms with van der Waals surface area (Å²) in [5.41, 5.74) is 0.841. The van der Waals surface area contributed by atoms with Gasteiger partial charge < -0.3 is 0 Å². The van der Waals surface area contributed by atoms with Crippen molar-refractivity contribution < 1.29 is 10.0 Å². The third-order valence-corrected chi connectivity index (χ3v) is 1.75. The number of hydroxylamine groups is 2. The second-order valence-electron chi connectivity index (χ2n) is 2.64. The maximum atomic E-state index is 10.7. The smallest absolute Gasteiger partial charge is 0.246 e. The lowest BCUT2D eigenvalue weighted by Gasteiger charge is -2.16. The molecule has 1 atom stereocenters. The maximum absolute atomic E-state index is 10.7. The van der Waals surface area contributed by atoms with Gasteiger partial charge in [-0.1, -0.05) is 12.2 Å². The molecule has 0 aromatic carbocycles. The molecule has 0 radical (unpaired) electrons. The molecule has 0 aromatic heterocycles. The molecule has 1 rings (SSSR count). The van der Waals surface area contributed by atoms with Gasteiger partial charge in [0.05, 0.1) is 6.04 Å². The summed E-state index contributed by atoms with van der Waals surface area (Å²) in [6.07, 6.45) is 1.14. The van der Waals surface area contributed by atoms with E-state index in [4.69, 9.17) is 5.21 Å². The number of carbonyl (C=O) groups excluding carboxylic acids is 1. The van der Waals surface area contributed by atoms with Gasteiger partial charge in [0.15, 0.2) is 0 Å². The summed E-state index contributed by atoms with van der Waals surface area (Å²) < 4.78 is 0. The minimum Gasteiger partial charge on any atom is -0.285 e. The lowest BCUT2D eigenvalue weighted by atomic mass is 10.1. The largest absolute Gasteiger partial charge is 0.285 e. The van der Waals surface area contributed by atoms with Gasteiger partial charge in [0, 0.05) is 6.42 Å². The van der Waals surface area contributed by atoms with Crippen molar-refractivity contribution in [3.63, 3.8) is 0 Å². The maximum Gasteiger partial charge on any atom is 0.246 e. The van der Waals surface area contributed by atoms with Crippen LogP contribution in [0.4, 0.5) is 0 Å². The van der Waals surface area contributed by atoms with Crippen molar-refractivity contribution >= 4 is 5.91 Å². The summed E-state index contributed by atoms with van der Waals surface area (Å²) in [4.78, 5) is 10.7. The number of nitrogens with zero attached hydrogens (tertiary/aromatic N) is 1. The van der Waals surface area contributed by atoms with Crippen LogP contribution in [-0.4, -0.2) is 22.2 Å². The van der Waals surface area contributed by atoms with E-state index >= 15 is 0 Å². The molecule has 1 aliphatic heterocycles. The molecule has 0 saturated carbocycles. The molecule has 0 aliphatic carbocycles. The molecule has 1 fully saturated rings. The first-order valence-electron chi connectivity index (χ1n) is 3.29. The van der Waals surface area contributed by atoms with Gasteiger partial charge in [-0.2, -0.15) is 0 Å². The minimum atomic E-state index is -0.201. The fourth-order valence-electron chi connectivity index (χ4n) is 1.13. The Labute approximate surface area is 59.9 Å². The van der Waals surface area contributed by atoms with Crippen molar-refractivity contribution in [1.82, 2.24) is 5.06 Å². The van der Waals surface area contributed by atoms with Crippen molar-refractivity contribution in [2.45, 2.75) is 25.8 Å². The summed E-state index contributed by atoms with van der Waals surface area (Å²) >= 11 is 0. The van der Waals surface area contributed by atoms with Gasteiger partial charge in [-0.05, 0) is 13.3 Å². The first kappa shape index (κ1) is 7.28. The quantitative estimate of drug-likeness (QED) is 0.436. The van der Waals surface area contributed by atoms with Crippen LogP contribution in [-0.2, 0) is 4.79 Å². The molecule has 56 valence electrons. The Morgan fingerprint density at radius 3 is 2.70 bits per heavy atom. The van der Waals surface area contributed by atoms with E-state index in [1.807, 2.05) is 6.92 Å². The Hall–Kier alpha value is -0.830. The highest BCUT2D eigenvalue weighted by atomic mass is 16.5. The summed E-state index contributed by atoms with van der Waals surface area (Å²) in [6.45, 7) is 5.48. The highest BCUT2D eigenvalue weighted by Crippen LogP contribution is 2.20. The highest BCUT2D eigenvalue weighted by Gasteiger charge is 2.29. The van der Waals surface area contributed by atoms with E-state index in [9.17, 15) is 4.79 Å². The average Bonchev–Trinajstić information content (AvgIpc) is 2.14. The molecule has 0 spiro atoms. The van der Waals surface area contributed by atoms with Crippen LogP contribution in [0.1, 0.15) is 19.8 Å². The first-order chi connectivity index (χ1) is 4.63. The van der Waals surface area contributed by atoms with Crippen LogP contribution in [0, 0.1) is 0 Å². The van der Waals surface area contributed by atoms with Crippen LogP contribution in [0.2, 0.25) is 0 Å². The predicted molar refractivity (Wildman–Crippen MR) is 36.5 cm³/mol. The minimum absolute atomic E-state index is 0.146. The molecule has 1 saturated heterocycles. The van der Waals surface area contributed by atoms with Crippen LogP contribution in [0.3, 0.4) is 0 Å². The zero-order valence-corrected chi connectivity index (χ0v) is 6.00. The lowest BCUT2D eigenvalue weighted by Crippen LogP contribution is -2.29. The molecule has 0 aromatic rings. The van der Waals surface area contributed by atoms with Gasteiger partial charge in [0.2, 0.25) is 5.91 Å². The monoisotopic (exact) mass is 141 g/mol. The first-order valence-corrected chi connectivity index (χ1v) is 3.29. The number of hydrogen-bond acceptors (Lipinski definition) is 2. The number of amides is 1. The van der Waals surface area contributed by atoms with E-state index in [0.29, 0.717) is 12.8 Å². The molecule has 3 nitrogen and oxygen atoms in total. The Balaban J connectivity index is 2.66. The van der Waals surface area contributed by atoms with E-state index in [-0.39, 0.29) is 11.9 Å². The van der Waals surface area contributed by atoms with Gasteiger partial charge in [-0.3, -0.25) is 10.0 Å². The lowest BCUT2D eigenvalue weighted by molar-refractivity contribution is -0.162. The van der Waals surface area contributed by atoms with Crippen LogP contribution >= 0.6 is 0 Å². The predicted octanol–water partition coefficient (Wildman–Crippen LogP) is 0.943. The molecule has 1 amide bonds. The van der Waals surface area contributed by atoms with E-state index in [1.165, 1.54) is 0 Å². The molecule has 0 bridgehead atoms. The Kier molecular flexibility index (Phi) is 1.76. The standard InChI is InChI=1S/C7H11NO2/c1-5(2)6-3-4-7(9)8(6)10/h6,10H,1,3-4H2,2H3. The topological polar surface area (TPSA) is 40.5 Å². The normalized spacial score (nSPS) is 25.6. The van der Waals surface area contributed by atoms with E-state index in [1.54, 1.807) is 0 Å². The number of rotatable bonds is 1. The SMILES string of the molecule is C=C(C)C1CCC(=O)N1O. The molecular weight excluding hydrogens is 130 g/mol. The molecule has 3 heteroatoms. The third-order valence-electron chi connectivity index (χ3n) is 1.75. The van der Waals surface area contributed by atoms with Crippen LogP contribution < -0.4 is 0 Å². The Morgan fingerprint density at radius 2 is 2.50 bits per heavy atom. The van der Waals surface area contributed by atoms with E-state index in [2.05, 4.69) is 6.58 Å². The van der Waals surface area contributed by atoms with Gasteiger partial charge in [0.1, 0.15) is 0 Å². The van der Waals surface area contributed by atoms with Crippen molar-refractivity contribution in [2.75, 3.05) is 0 Å². The molecule has 10 heavy (non-hydrogen) atoms. The van der Waals surface area contributed by atoms with Gasteiger partial charge >= 0.3 is 0 Å². The van der Waals surface area contributed by atoms with Crippen LogP contribution in [0.15, 0.2) is 12.2 Å². The summed E-state index contributed by atoms with van der Waals surface area (Å²) in [6, 6.07) is -0.146. The molecule has 1 aliphatic rings. The third kappa shape index (κ3) is 1.04. The second kappa shape index (κ2) is 2.42. The molecular formula is C7H11NO2. The number of carbonyl (C=O) groups is 1. The van der Waals surface area contributed by atoms with Crippen molar-refractivity contribution in [1.29, 1.82) is 0 Å². The van der Waals surface area contributed by atoms with Crippen LogP contribution in [0.5, 0.6) is 0 Å². The Bertz CT molecular complexity index is 176. The highest BCUT2D eigenvalue weighted by molar-refractivity contribution is 5.77. The van der Waals surface area contributed by atoms with Crippen molar-refractivity contribution in [2.24, 2.45) is 0 Å². The van der Waals surface area contributed by atoms with Crippen LogP contribution in [0.25, 0.3) is 0 Å². The second-order valence-corrected chi connectivity index (χ2v) is 2.64. The molecule has 1 unspecified atom stereocenters.